The molecule has 24 heavy (non-hydrogen) atoms. The first-order valence-corrected chi connectivity index (χ1v) is 8.10. The van der Waals surface area contributed by atoms with Crippen LogP contribution in [0.15, 0.2) is 24.3 Å². The van der Waals surface area contributed by atoms with Crippen molar-refractivity contribution >= 4 is 23.5 Å². The van der Waals surface area contributed by atoms with Gasteiger partial charge >= 0.3 is 6.03 Å². The van der Waals surface area contributed by atoms with Gasteiger partial charge in [-0.05, 0) is 24.0 Å². The van der Waals surface area contributed by atoms with Crippen LogP contribution in [0.5, 0.6) is 0 Å². The number of aryl methyl sites for hydroxylation is 1. The molecule has 0 aliphatic rings. The summed E-state index contributed by atoms with van der Waals surface area (Å²) in [7, 11) is 0. The Morgan fingerprint density at radius 1 is 1.17 bits per heavy atom. The zero-order chi connectivity index (χ0) is 18.1. The molecule has 1 aromatic carbocycles. The number of benzene rings is 1. The van der Waals surface area contributed by atoms with E-state index in [2.05, 4.69) is 16.0 Å². The monoisotopic (exact) mass is 334 g/mol. The summed E-state index contributed by atoms with van der Waals surface area (Å²) in [5.41, 5.74) is 6.85. The van der Waals surface area contributed by atoms with Crippen molar-refractivity contribution in [1.82, 2.24) is 10.6 Å². The molecule has 7 heteroatoms. The van der Waals surface area contributed by atoms with Gasteiger partial charge in [0.25, 0.3) is 0 Å². The first-order valence-electron chi connectivity index (χ1n) is 8.10. The van der Waals surface area contributed by atoms with Gasteiger partial charge < -0.3 is 21.7 Å². The van der Waals surface area contributed by atoms with Crippen molar-refractivity contribution in [2.45, 2.75) is 39.7 Å². The number of para-hydroxylation sites is 1. The van der Waals surface area contributed by atoms with Gasteiger partial charge in [0.1, 0.15) is 6.04 Å². The first-order chi connectivity index (χ1) is 11.4. The number of anilines is 1. The summed E-state index contributed by atoms with van der Waals surface area (Å²) in [6.07, 6.45) is 1.48. The number of amides is 4. The summed E-state index contributed by atoms with van der Waals surface area (Å²) in [6.45, 7) is 5.56. The van der Waals surface area contributed by atoms with Gasteiger partial charge in [0.15, 0.2) is 0 Å². The molecule has 0 aliphatic heterocycles. The van der Waals surface area contributed by atoms with Crippen molar-refractivity contribution in [2.24, 2.45) is 11.7 Å². The van der Waals surface area contributed by atoms with Gasteiger partial charge in [-0.1, -0.05) is 45.4 Å². The van der Waals surface area contributed by atoms with E-state index in [4.69, 9.17) is 5.73 Å². The fraction of sp³-hybridized carbons (Fsp3) is 0.471. The fourth-order valence-corrected chi connectivity index (χ4v) is 2.28. The van der Waals surface area contributed by atoms with E-state index in [0.717, 1.165) is 17.7 Å². The molecule has 0 saturated carbocycles. The zero-order valence-electron chi connectivity index (χ0n) is 14.4. The van der Waals surface area contributed by atoms with Gasteiger partial charge in [0.2, 0.25) is 11.8 Å². The number of carbonyl (C=O) groups excluding carboxylic acids is 3. The summed E-state index contributed by atoms with van der Waals surface area (Å²) in [6, 6.07) is 5.96. The molecule has 0 spiro atoms. The number of primary amides is 1. The van der Waals surface area contributed by atoms with Gasteiger partial charge in [0, 0.05) is 5.69 Å². The minimum Gasteiger partial charge on any atom is -0.352 e. The van der Waals surface area contributed by atoms with Crippen molar-refractivity contribution in [2.75, 3.05) is 11.9 Å². The van der Waals surface area contributed by atoms with Crippen LogP contribution >= 0.6 is 0 Å². The third-order valence-electron chi connectivity index (χ3n) is 3.89. The number of nitrogens with one attached hydrogen (secondary N) is 3. The normalized spacial score (nSPS) is 12.8. The Balaban J connectivity index is 2.61. The predicted molar refractivity (Wildman–Crippen MR) is 93.4 cm³/mol. The minimum atomic E-state index is -0.767. The molecule has 7 nitrogen and oxygen atoms in total. The minimum absolute atomic E-state index is 0.0959. The number of carbonyl (C=O) groups is 3. The number of hydrogen-bond acceptors (Lipinski definition) is 3. The van der Waals surface area contributed by atoms with Crippen LogP contribution in [-0.4, -0.2) is 30.4 Å². The van der Waals surface area contributed by atoms with Crippen molar-refractivity contribution in [3.8, 4) is 0 Å². The van der Waals surface area contributed by atoms with E-state index in [9.17, 15) is 14.4 Å². The third kappa shape index (κ3) is 5.91. The largest absolute Gasteiger partial charge is 0.352 e. The van der Waals surface area contributed by atoms with E-state index >= 15 is 0 Å². The summed E-state index contributed by atoms with van der Waals surface area (Å²) in [5, 5.41) is 7.73. The van der Waals surface area contributed by atoms with Crippen LogP contribution in [0.4, 0.5) is 10.5 Å². The molecule has 2 atom stereocenters. The molecule has 132 valence electrons. The van der Waals surface area contributed by atoms with Crippen LogP contribution in [0.2, 0.25) is 0 Å². The van der Waals surface area contributed by atoms with Crippen LogP contribution in [0.3, 0.4) is 0 Å². The maximum atomic E-state index is 12.2. The SMILES string of the molecule is CCc1ccccc1NC(=O)CNC(=O)[C@@H](NC(N)=O)[C@@H](C)CC. The van der Waals surface area contributed by atoms with E-state index in [1.54, 1.807) is 0 Å². The van der Waals surface area contributed by atoms with E-state index in [1.165, 1.54) is 0 Å². The third-order valence-corrected chi connectivity index (χ3v) is 3.89. The average molecular weight is 334 g/mol. The average Bonchev–Trinajstić information content (AvgIpc) is 2.57. The van der Waals surface area contributed by atoms with E-state index in [-0.39, 0.29) is 18.4 Å². The second kappa shape index (κ2) is 9.54. The number of rotatable bonds is 8. The van der Waals surface area contributed by atoms with Crippen LogP contribution in [0.25, 0.3) is 0 Å². The van der Waals surface area contributed by atoms with Crippen molar-refractivity contribution in [3.63, 3.8) is 0 Å². The predicted octanol–water partition coefficient (Wildman–Crippen LogP) is 1.39. The van der Waals surface area contributed by atoms with Crippen LogP contribution in [0.1, 0.15) is 32.8 Å². The van der Waals surface area contributed by atoms with E-state index in [1.807, 2.05) is 45.0 Å². The number of hydrogen-bond donors (Lipinski definition) is 4. The molecule has 1 aromatic rings. The lowest BCUT2D eigenvalue weighted by atomic mass is 9.98. The Morgan fingerprint density at radius 2 is 1.83 bits per heavy atom. The lowest BCUT2D eigenvalue weighted by Gasteiger charge is -2.22. The summed E-state index contributed by atoms with van der Waals surface area (Å²) in [4.78, 5) is 35.3. The summed E-state index contributed by atoms with van der Waals surface area (Å²) >= 11 is 0. The fourth-order valence-electron chi connectivity index (χ4n) is 2.28. The van der Waals surface area contributed by atoms with Gasteiger partial charge in [-0.3, -0.25) is 9.59 Å². The summed E-state index contributed by atoms with van der Waals surface area (Å²) in [5.74, 6) is -0.852. The van der Waals surface area contributed by atoms with Crippen LogP contribution < -0.4 is 21.7 Å². The van der Waals surface area contributed by atoms with E-state index < -0.39 is 18.0 Å². The second-order valence-electron chi connectivity index (χ2n) is 5.65. The molecule has 0 unspecified atom stereocenters. The van der Waals surface area contributed by atoms with Crippen LogP contribution in [-0.2, 0) is 16.0 Å². The molecular formula is C17H26N4O3. The highest BCUT2D eigenvalue weighted by Crippen LogP contribution is 2.15. The highest BCUT2D eigenvalue weighted by molar-refractivity contribution is 5.96. The molecule has 0 fully saturated rings. The lowest BCUT2D eigenvalue weighted by molar-refractivity contribution is -0.126. The van der Waals surface area contributed by atoms with Gasteiger partial charge in [-0.25, -0.2) is 4.79 Å². The van der Waals surface area contributed by atoms with Crippen molar-refractivity contribution in [1.29, 1.82) is 0 Å². The molecule has 0 radical (unpaired) electrons. The molecule has 0 aliphatic carbocycles. The second-order valence-corrected chi connectivity index (χ2v) is 5.65. The number of nitrogens with two attached hydrogens (primary N) is 1. The maximum absolute atomic E-state index is 12.2. The van der Waals surface area contributed by atoms with Crippen LogP contribution in [0, 0.1) is 5.92 Å². The maximum Gasteiger partial charge on any atom is 0.312 e. The Kier molecular flexibility index (Phi) is 7.74. The van der Waals surface area contributed by atoms with Gasteiger partial charge in [-0.15, -0.1) is 0 Å². The first kappa shape index (κ1) is 19.5. The molecule has 0 heterocycles. The standard InChI is InChI=1S/C17H26N4O3/c1-4-11(3)15(21-17(18)24)16(23)19-10-14(22)20-13-9-7-6-8-12(13)5-2/h6-9,11,15H,4-5,10H2,1-3H3,(H,19,23)(H,20,22)(H3,18,21,24)/t11-,15-/m0/s1. The molecule has 0 bridgehead atoms. The molecule has 4 amide bonds. The van der Waals surface area contributed by atoms with Gasteiger partial charge in [0.05, 0.1) is 6.54 Å². The molecule has 0 saturated heterocycles. The highest BCUT2D eigenvalue weighted by atomic mass is 16.2. The number of urea groups is 1. The zero-order valence-corrected chi connectivity index (χ0v) is 14.4. The Bertz CT molecular complexity index is 589. The van der Waals surface area contributed by atoms with Gasteiger partial charge in [-0.2, -0.15) is 0 Å². The molecular weight excluding hydrogens is 308 g/mol. The summed E-state index contributed by atoms with van der Waals surface area (Å²) < 4.78 is 0. The van der Waals surface area contributed by atoms with E-state index in [0.29, 0.717) is 6.42 Å². The molecule has 0 aromatic heterocycles. The lowest BCUT2D eigenvalue weighted by Crippen LogP contribution is -2.52. The van der Waals surface area contributed by atoms with Crippen molar-refractivity contribution in [3.05, 3.63) is 29.8 Å². The Labute approximate surface area is 142 Å². The molecule has 5 N–H and O–H groups in total. The smallest absolute Gasteiger partial charge is 0.312 e. The topological polar surface area (TPSA) is 113 Å². The highest BCUT2D eigenvalue weighted by Gasteiger charge is 2.25. The molecule has 1 rings (SSSR count). The van der Waals surface area contributed by atoms with Crippen molar-refractivity contribution < 1.29 is 14.4 Å². The quantitative estimate of drug-likeness (QED) is 0.576. The Hall–Kier alpha value is -2.57. The Morgan fingerprint density at radius 3 is 2.42 bits per heavy atom.